The second-order valence-corrected chi connectivity index (χ2v) is 5.33. The third-order valence-corrected chi connectivity index (χ3v) is 3.38. The van der Waals surface area contributed by atoms with E-state index in [4.69, 9.17) is 8.83 Å². The summed E-state index contributed by atoms with van der Waals surface area (Å²) in [4.78, 5) is 24.8. The van der Waals surface area contributed by atoms with Crippen LogP contribution in [0.15, 0.2) is 75.6 Å². The minimum Gasteiger partial charge on any atom is -0.465 e. The zero-order chi connectivity index (χ0) is 17.6. The fourth-order valence-corrected chi connectivity index (χ4v) is 2.10. The first-order chi connectivity index (χ1) is 12.1. The van der Waals surface area contributed by atoms with E-state index in [2.05, 4.69) is 10.6 Å². The van der Waals surface area contributed by atoms with Crippen molar-refractivity contribution in [3.63, 3.8) is 0 Å². The molecular weight excluding hydrogens is 320 g/mol. The van der Waals surface area contributed by atoms with E-state index in [1.807, 2.05) is 19.1 Å². The fraction of sp³-hybridized carbons (Fsp3) is 0.0526. The Labute approximate surface area is 144 Å². The molecule has 0 spiro atoms. The first-order valence-electron chi connectivity index (χ1n) is 7.60. The summed E-state index contributed by atoms with van der Waals surface area (Å²) < 4.78 is 10.3. The maximum absolute atomic E-state index is 12.6. The van der Waals surface area contributed by atoms with Crippen LogP contribution < -0.4 is 10.6 Å². The number of hydrogen-bond acceptors (Lipinski definition) is 4. The number of nitrogens with one attached hydrogen (secondary N) is 2. The predicted octanol–water partition coefficient (Wildman–Crippen LogP) is 3.59. The van der Waals surface area contributed by atoms with Gasteiger partial charge in [0.05, 0.1) is 12.5 Å². The van der Waals surface area contributed by atoms with Gasteiger partial charge in [-0.3, -0.25) is 9.59 Å². The molecule has 0 radical (unpaired) electrons. The van der Waals surface area contributed by atoms with Gasteiger partial charge in [0.25, 0.3) is 11.8 Å². The normalized spacial score (nSPS) is 11.2. The monoisotopic (exact) mass is 336 g/mol. The predicted molar refractivity (Wildman–Crippen MR) is 92.7 cm³/mol. The molecule has 0 aliphatic heterocycles. The molecule has 6 nitrogen and oxygen atoms in total. The molecule has 2 heterocycles. The van der Waals surface area contributed by atoms with E-state index in [-0.39, 0.29) is 11.5 Å². The van der Waals surface area contributed by atoms with E-state index < -0.39 is 11.8 Å². The second-order valence-electron chi connectivity index (χ2n) is 5.33. The smallest absolute Gasteiger partial charge is 0.291 e. The van der Waals surface area contributed by atoms with E-state index in [1.165, 1.54) is 24.7 Å². The number of furan rings is 2. The van der Waals surface area contributed by atoms with Crippen LogP contribution in [0.3, 0.4) is 0 Å². The van der Waals surface area contributed by atoms with Crippen LogP contribution in [-0.2, 0) is 4.79 Å². The molecule has 0 bridgehead atoms. The maximum atomic E-state index is 12.6. The minimum absolute atomic E-state index is 0.0388. The number of carbonyl (C=O) groups is 2. The van der Waals surface area contributed by atoms with Gasteiger partial charge in [-0.05, 0) is 43.3 Å². The van der Waals surface area contributed by atoms with Gasteiger partial charge in [-0.1, -0.05) is 17.7 Å². The highest BCUT2D eigenvalue weighted by Crippen LogP contribution is 2.12. The van der Waals surface area contributed by atoms with Crippen molar-refractivity contribution in [3.05, 3.63) is 83.8 Å². The van der Waals surface area contributed by atoms with Gasteiger partial charge in [-0.25, -0.2) is 0 Å². The van der Waals surface area contributed by atoms with Crippen molar-refractivity contribution >= 4 is 23.6 Å². The van der Waals surface area contributed by atoms with Gasteiger partial charge in [-0.15, -0.1) is 0 Å². The quantitative estimate of drug-likeness (QED) is 0.697. The summed E-state index contributed by atoms with van der Waals surface area (Å²) >= 11 is 0. The Bertz CT molecular complexity index is 876. The van der Waals surface area contributed by atoms with Crippen molar-refractivity contribution in [3.8, 4) is 0 Å². The molecule has 0 atom stereocenters. The fourth-order valence-electron chi connectivity index (χ4n) is 2.10. The summed E-state index contributed by atoms with van der Waals surface area (Å²) in [5, 5.41) is 5.28. The topological polar surface area (TPSA) is 84.5 Å². The Morgan fingerprint density at radius 3 is 2.32 bits per heavy atom. The molecule has 3 rings (SSSR count). The lowest BCUT2D eigenvalue weighted by molar-refractivity contribution is -0.113. The van der Waals surface area contributed by atoms with Gasteiger partial charge >= 0.3 is 0 Å². The van der Waals surface area contributed by atoms with Crippen LogP contribution in [0.2, 0.25) is 0 Å². The second kappa shape index (κ2) is 7.35. The van der Waals surface area contributed by atoms with Crippen molar-refractivity contribution in [2.75, 3.05) is 5.32 Å². The summed E-state index contributed by atoms with van der Waals surface area (Å²) in [5.74, 6) is -0.454. The minimum atomic E-state index is -0.526. The Morgan fingerprint density at radius 1 is 0.960 bits per heavy atom. The third-order valence-electron chi connectivity index (χ3n) is 3.38. The molecule has 6 heteroatoms. The molecule has 0 aliphatic carbocycles. The van der Waals surface area contributed by atoms with Gasteiger partial charge in [0.2, 0.25) is 0 Å². The zero-order valence-electron chi connectivity index (χ0n) is 13.5. The zero-order valence-corrected chi connectivity index (χ0v) is 13.5. The molecule has 0 saturated heterocycles. The van der Waals surface area contributed by atoms with E-state index in [1.54, 1.807) is 30.3 Å². The van der Waals surface area contributed by atoms with Crippen molar-refractivity contribution in [1.82, 2.24) is 5.32 Å². The van der Waals surface area contributed by atoms with Crippen LogP contribution in [0, 0.1) is 6.92 Å². The molecule has 0 saturated carbocycles. The van der Waals surface area contributed by atoms with E-state index in [0.29, 0.717) is 11.4 Å². The molecule has 126 valence electrons. The first-order valence-corrected chi connectivity index (χ1v) is 7.60. The standard InChI is InChI=1S/C19H16N2O4/c1-13-6-8-14(9-7-13)20-18(22)16(12-15-4-2-10-24-15)21-19(23)17-5-3-11-25-17/h2-12H,1H3,(H,20,22)(H,21,23)/b16-12+. The number of aryl methyl sites for hydroxylation is 1. The Kier molecular flexibility index (Phi) is 4.80. The molecule has 0 aliphatic rings. The number of hydrogen-bond donors (Lipinski definition) is 2. The van der Waals surface area contributed by atoms with Gasteiger partial charge in [0.1, 0.15) is 11.5 Å². The summed E-state index contributed by atoms with van der Waals surface area (Å²) in [6.45, 7) is 1.96. The molecule has 2 N–H and O–H groups in total. The van der Waals surface area contributed by atoms with E-state index >= 15 is 0 Å². The molecule has 1 aromatic carbocycles. The number of carbonyl (C=O) groups excluding carboxylic acids is 2. The van der Waals surface area contributed by atoms with Crippen LogP contribution in [-0.4, -0.2) is 11.8 Å². The number of rotatable bonds is 5. The highest BCUT2D eigenvalue weighted by molar-refractivity contribution is 6.10. The molecular formula is C19H16N2O4. The van der Waals surface area contributed by atoms with E-state index in [0.717, 1.165) is 5.56 Å². The molecule has 25 heavy (non-hydrogen) atoms. The number of amides is 2. The van der Waals surface area contributed by atoms with Crippen LogP contribution >= 0.6 is 0 Å². The summed E-state index contributed by atoms with van der Waals surface area (Å²) in [5.41, 5.74) is 1.74. The van der Waals surface area contributed by atoms with Crippen LogP contribution in [0.25, 0.3) is 6.08 Å². The Morgan fingerprint density at radius 2 is 1.68 bits per heavy atom. The van der Waals surface area contributed by atoms with Crippen molar-refractivity contribution in [2.24, 2.45) is 0 Å². The Hall–Kier alpha value is -3.54. The maximum Gasteiger partial charge on any atom is 0.291 e. The first kappa shape index (κ1) is 16.3. The average molecular weight is 336 g/mol. The molecule has 0 unspecified atom stereocenters. The van der Waals surface area contributed by atoms with Crippen molar-refractivity contribution in [2.45, 2.75) is 6.92 Å². The van der Waals surface area contributed by atoms with Gasteiger partial charge < -0.3 is 19.5 Å². The third kappa shape index (κ3) is 4.26. The van der Waals surface area contributed by atoms with Crippen molar-refractivity contribution < 1.29 is 18.4 Å². The highest BCUT2D eigenvalue weighted by atomic mass is 16.3. The largest absolute Gasteiger partial charge is 0.465 e. The summed E-state index contributed by atoms with van der Waals surface area (Å²) in [6, 6.07) is 13.8. The number of benzene rings is 1. The SMILES string of the molecule is Cc1ccc(NC(=O)/C(=C\c2ccco2)NC(=O)c2ccco2)cc1. The highest BCUT2D eigenvalue weighted by Gasteiger charge is 2.17. The molecule has 0 fully saturated rings. The molecule has 2 aromatic heterocycles. The Balaban J connectivity index is 1.81. The van der Waals surface area contributed by atoms with Crippen molar-refractivity contribution in [1.29, 1.82) is 0 Å². The average Bonchev–Trinajstić information content (AvgIpc) is 3.29. The number of anilines is 1. The van der Waals surface area contributed by atoms with E-state index in [9.17, 15) is 9.59 Å². The summed E-state index contributed by atoms with van der Waals surface area (Å²) in [6.07, 6.45) is 4.32. The lowest BCUT2D eigenvalue weighted by atomic mass is 10.2. The molecule has 3 aromatic rings. The molecule has 2 amide bonds. The lowest BCUT2D eigenvalue weighted by Crippen LogP contribution is -2.30. The van der Waals surface area contributed by atoms with Crippen LogP contribution in [0.1, 0.15) is 21.9 Å². The van der Waals surface area contributed by atoms with Gasteiger partial charge in [0.15, 0.2) is 5.76 Å². The van der Waals surface area contributed by atoms with Gasteiger partial charge in [-0.2, -0.15) is 0 Å². The lowest BCUT2D eigenvalue weighted by Gasteiger charge is -2.10. The van der Waals surface area contributed by atoms with Crippen LogP contribution in [0.5, 0.6) is 0 Å². The van der Waals surface area contributed by atoms with Gasteiger partial charge in [0, 0.05) is 11.8 Å². The van der Waals surface area contributed by atoms with Crippen LogP contribution in [0.4, 0.5) is 5.69 Å². The summed E-state index contributed by atoms with van der Waals surface area (Å²) in [7, 11) is 0.